The van der Waals surface area contributed by atoms with Crippen LogP contribution in [0.2, 0.25) is 0 Å². The molecule has 0 spiro atoms. The zero-order chi connectivity index (χ0) is 16.8. The highest BCUT2D eigenvalue weighted by Crippen LogP contribution is 2.20. The molecular formula is C17H17IN2O3. The SMILES string of the molecule is Cc1cccc(OCC(=O)NNC(=O)c2cccc(I)c2)c1C. The molecule has 2 rings (SSSR count). The van der Waals surface area contributed by atoms with Gasteiger partial charge in [-0.2, -0.15) is 0 Å². The minimum atomic E-state index is -0.426. The van der Waals surface area contributed by atoms with Crippen LogP contribution in [-0.4, -0.2) is 18.4 Å². The van der Waals surface area contributed by atoms with Gasteiger partial charge in [-0.05, 0) is 71.8 Å². The Balaban J connectivity index is 1.83. The van der Waals surface area contributed by atoms with Crippen LogP contribution < -0.4 is 15.6 Å². The van der Waals surface area contributed by atoms with E-state index >= 15 is 0 Å². The van der Waals surface area contributed by atoms with E-state index in [4.69, 9.17) is 4.74 Å². The second-order valence-electron chi connectivity index (χ2n) is 5.00. The van der Waals surface area contributed by atoms with E-state index in [1.54, 1.807) is 24.3 Å². The Morgan fingerprint density at radius 3 is 2.57 bits per heavy atom. The lowest BCUT2D eigenvalue weighted by Crippen LogP contribution is -2.43. The minimum absolute atomic E-state index is 0.170. The molecule has 0 radical (unpaired) electrons. The molecule has 6 heteroatoms. The lowest BCUT2D eigenvalue weighted by molar-refractivity contribution is -0.123. The predicted molar refractivity (Wildman–Crippen MR) is 96.2 cm³/mol. The first-order chi connectivity index (χ1) is 11.0. The van der Waals surface area contributed by atoms with Crippen LogP contribution in [0.25, 0.3) is 0 Å². The average Bonchev–Trinajstić information content (AvgIpc) is 2.54. The highest BCUT2D eigenvalue weighted by Gasteiger charge is 2.09. The van der Waals surface area contributed by atoms with E-state index < -0.39 is 5.91 Å². The average molecular weight is 424 g/mol. The Morgan fingerprint density at radius 1 is 1.09 bits per heavy atom. The highest BCUT2D eigenvalue weighted by atomic mass is 127. The second kappa shape index (κ2) is 7.96. The summed E-state index contributed by atoms with van der Waals surface area (Å²) in [7, 11) is 0. The topological polar surface area (TPSA) is 67.4 Å². The van der Waals surface area contributed by atoms with Gasteiger partial charge in [0.25, 0.3) is 11.8 Å². The van der Waals surface area contributed by atoms with Crippen LogP contribution in [0.4, 0.5) is 0 Å². The third-order valence-electron chi connectivity index (χ3n) is 3.32. The Hall–Kier alpha value is -2.09. The number of benzene rings is 2. The molecule has 0 saturated heterocycles. The lowest BCUT2D eigenvalue weighted by atomic mass is 10.1. The molecule has 2 aromatic carbocycles. The third kappa shape index (κ3) is 4.95. The van der Waals surface area contributed by atoms with Gasteiger partial charge in [0.1, 0.15) is 5.75 Å². The van der Waals surface area contributed by atoms with Gasteiger partial charge in [-0.3, -0.25) is 20.4 Å². The van der Waals surface area contributed by atoms with E-state index in [0.29, 0.717) is 11.3 Å². The normalized spacial score (nSPS) is 10.0. The number of hydrogen-bond acceptors (Lipinski definition) is 3. The van der Waals surface area contributed by atoms with Crippen LogP contribution >= 0.6 is 22.6 Å². The van der Waals surface area contributed by atoms with Crippen LogP contribution in [0.5, 0.6) is 5.75 Å². The van der Waals surface area contributed by atoms with Gasteiger partial charge < -0.3 is 4.74 Å². The van der Waals surface area contributed by atoms with E-state index in [-0.39, 0.29) is 12.5 Å². The fourth-order valence-corrected chi connectivity index (χ4v) is 2.43. The Bertz CT molecular complexity index is 732. The van der Waals surface area contributed by atoms with Gasteiger partial charge in [-0.15, -0.1) is 0 Å². The number of carbonyl (C=O) groups excluding carboxylic acids is 2. The van der Waals surface area contributed by atoms with Crippen molar-refractivity contribution >= 4 is 34.4 Å². The van der Waals surface area contributed by atoms with Gasteiger partial charge in [0.15, 0.2) is 6.61 Å². The molecule has 0 heterocycles. The molecule has 0 unspecified atom stereocenters. The molecule has 120 valence electrons. The summed E-state index contributed by atoms with van der Waals surface area (Å²) in [5.74, 6) is -0.141. The van der Waals surface area contributed by atoms with Gasteiger partial charge >= 0.3 is 0 Å². The van der Waals surface area contributed by atoms with Crippen molar-refractivity contribution in [2.24, 2.45) is 0 Å². The molecule has 0 aliphatic rings. The van der Waals surface area contributed by atoms with E-state index in [1.807, 2.05) is 32.0 Å². The molecular weight excluding hydrogens is 407 g/mol. The van der Waals surface area contributed by atoms with Crippen LogP contribution in [-0.2, 0) is 4.79 Å². The Kier molecular flexibility index (Phi) is 5.97. The number of nitrogens with one attached hydrogen (secondary N) is 2. The first-order valence-electron chi connectivity index (χ1n) is 7.01. The fraction of sp³-hybridized carbons (Fsp3) is 0.176. The van der Waals surface area contributed by atoms with E-state index in [9.17, 15) is 9.59 Å². The van der Waals surface area contributed by atoms with Crippen molar-refractivity contribution in [2.75, 3.05) is 6.61 Å². The molecule has 5 nitrogen and oxygen atoms in total. The molecule has 0 aliphatic carbocycles. The largest absolute Gasteiger partial charge is 0.483 e. The molecule has 0 aromatic heterocycles. The van der Waals surface area contributed by atoms with Crippen molar-refractivity contribution in [1.29, 1.82) is 0 Å². The number of halogens is 1. The van der Waals surface area contributed by atoms with Gasteiger partial charge in [-0.1, -0.05) is 18.2 Å². The smallest absolute Gasteiger partial charge is 0.276 e. The monoisotopic (exact) mass is 424 g/mol. The zero-order valence-corrected chi connectivity index (χ0v) is 15.0. The van der Waals surface area contributed by atoms with Crippen molar-refractivity contribution in [3.63, 3.8) is 0 Å². The standard InChI is InChI=1S/C17H17IN2O3/c1-11-5-3-8-15(12(11)2)23-10-16(21)19-20-17(22)13-6-4-7-14(18)9-13/h3-9H,10H2,1-2H3,(H,19,21)(H,20,22). The minimum Gasteiger partial charge on any atom is -0.483 e. The summed E-state index contributed by atoms with van der Waals surface area (Å²) in [6, 6.07) is 12.7. The maximum Gasteiger partial charge on any atom is 0.276 e. The van der Waals surface area contributed by atoms with Gasteiger partial charge in [0.05, 0.1) is 0 Å². The van der Waals surface area contributed by atoms with Crippen molar-refractivity contribution in [1.82, 2.24) is 10.9 Å². The third-order valence-corrected chi connectivity index (χ3v) is 3.99. The molecule has 0 bridgehead atoms. The Labute approximate surface area is 148 Å². The molecule has 2 amide bonds. The second-order valence-corrected chi connectivity index (χ2v) is 6.25. The summed E-state index contributed by atoms with van der Waals surface area (Å²) in [6.45, 7) is 3.74. The van der Waals surface area contributed by atoms with Crippen molar-refractivity contribution in [3.05, 3.63) is 62.7 Å². The maximum absolute atomic E-state index is 11.9. The van der Waals surface area contributed by atoms with Crippen molar-refractivity contribution in [2.45, 2.75) is 13.8 Å². The molecule has 2 aromatic rings. The molecule has 0 fully saturated rings. The number of hydrazine groups is 1. The van der Waals surface area contributed by atoms with Crippen LogP contribution in [0.3, 0.4) is 0 Å². The number of ether oxygens (including phenoxy) is 1. The van der Waals surface area contributed by atoms with Crippen molar-refractivity contribution in [3.8, 4) is 5.75 Å². The van der Waals surface area contributed by atoms with Gasteiger partial charge in [0.2, 0.25) is 0 Å². The summed E-state index contributed by atoms with van der Waals surface area (Å²) in [6.07, 6.45) is 0. The summed E-state index contributed by atoms with van der Waals surface area (Å²) in [4.78, 5) is 23.7. The quantitative estimate of drug-likeness (QED) is 0.586. The molecule has 0 saturated carbocycles. The van der Waals surface area contributed by atoms with Gasteiger partial charge in [-0.25, -0.2) is 0 Å². The molecule has 0 aliphatic heterocycles. The van der Waals surface area contributed by atoms with E-state index in [0.717, 1.165) is 14.7 Å². The van der Waals surface area contributed by atoms with Crippen LogP contribution in [0.1, 0.15) is 21.5 Å². The van der Waals surface area contributed by atoms with Gasteiger partial charge in [0, 0.05) is 9.13 Å². The summed E-state index contributed by atoms with van der Waals surface area (Å²) >= 11 is 2.12. The predicted octanol–water partition coefficient (Wildman–Crippen LogP) is 2.75. The zero-order valence-electron chi connectivity index (χ0n) is 12.9. The Morgan fingerprint density at radius 2 is 1.83 bits per heavy atom. The summed E-state index contributed by atoms with van der Waals surface area (Å²) < 4.78 is 6.42. The lowest BCUT2D eigenvalue weighted by Gasteiger charge is -2.11. The summed E-state index contributed by atoms with van der Waals surface area (Å²) in [5.41, 5.74) is 7.27. The van der Waals surface area contributed by atoms with Crippen LogP contribution in [0.15, 0.2) is 42.5 Å². The fourth-order valence-electron chi connectivity index (χ4n) is 1.89. The number of carbonyl (C=O) groups is 2. The number of hydrogen-bond donors (Lipinski definition) is 2. The van der Waals surface area contributed by atoms with Crippen molar-refractivity contribution < 1.29 is 14.3 Å². The van der Waals surface area contributed by atoms with Crippen LogP contribution in [0, 0.1) is 17.4 Å². The molecule has 0 atom stereocenters. The maximum atomic E-state index is 11.9. The number of aryl methyl sites for hydroxylation is 1. The number of amides is 2. The van der Waals surface area contributed by atoms with E-state index in [2.05, 4.69) is 33.4 Å². The summed E-state index contributed by atoms with van der Waals surface area (Å²) in [5, 5.41) is 0. The molecule has 23 heavy (non-hydrogen) atoms. The number of rotatable bonds is 4. The first-order valence-corrected chi connectivity index (χ1v) is 8.09. The first kappa shape index (κ1) is 17.3. The highest BCUT2D eigenvalue weighted by molar-refractivity contribution is 14.1. The van der Waals surface area contributed by atoms with E-state index in [1.165, 1.54) is 0 Å². The molecule has 2 N–H and O–H groups in total.